The number of aromatic nitrogens is 2. The zero-order chi connectivity index (χ0) is 10.5. The van der Waals surface area contributed by atoms with Crippen LogP contribution in [0.3, 0.4) is 0 Å². The van der Waals surface area contributed by atoms with Crippen molar-refractivity contribution < 1.29 is 4.74 Å². The Morgan fingerprint density at radius 2 is 2.60 bits per heavy atom. The van der Waals surface area contributed by atoms with Gasteiger partial charge in [0.1, 0.15) is 5.82 Å². The van der Waals surface area contributed by atoms with Crippen molar-refractivity contribution in [3.05, 3.63) is 18.2 Å². The molecule has 1 aliphatic rings. The van der Waals surface area contributed by atoms with Crippen LogP contribution in [-0.2, 0) is 17.8 Å². The minimum atomic E-state index is 0.467. The SMILES string of the molecule is CNCc1nccn1CCC1CCCO1. The van der Waals surface area contributed by atoms with Crippen molar-refractivity contribution in [1.29, 1.82) is 0 Å². The second-order valence-corrected chi connectivity index (χ2v) is 3.99. The van der Waals surface area contributed by atoms with Gasteiger partial charge in [0.2, 0.25) is 0 Å². The van der Waals surface area contributed by atoms with E-state index < -0.39 is 0 Å². The molecule has 0 saturated carbocycles. The van der Waals surface area contributed by atoms with Crippen LogP contribution >= 0.6 is 0 Å². The van der Waals surface area contributed by atoms with Gasteiger partial charge in [-0.25, -0.2) is 4.98 Å². The molecular formula is C11H19N3O. The highest BCUT2D eigenvalue weighted by Crippen LogP contribution is 2.16. The van der Waals surface area contributed by atoms with Crippen LogP contribution in [0.25, 0.3) is 0 Å². The van der Waals surface area contributed by atoms with Gasteiger partial charge in [0.25, 0.3) is 0 Å². The molecule has 0 radical (unpaired) electrons. The fourth-order valence-corrected chi connectivity index (χ4v) is 2.02. The van der Waals surface area contributed by atoms with Crippen LogP contribution in [0.15, 0.2) is 12.4 Å². The Bertz CT molecular complexity index is 292. The number of hydrogen-bond donors (Lipinski definition) is 1. The lowest BCUT2D eigenvalue weighted by Crippen LogP contribution is -2.15. The van der Waals surface area contributed by atoms with E-state index in [1.54, 1.807) is 0 Å². The fourth-order valence-electron chi connectivity index (χ4n) is 2.02. The van der Waals surface area contributed by atoms with E-state index in [9.17, 15) is 0 Å². The predicted molar refractivity (Wildman–Crippen MR) is 58.6 cm³/mol. The molecule has 0 aliphatic carbocycles. The Labute approximate surface area is 90.6 Å². The van der Waals surface area contributed by atoms with Crippen LogP contribution in [0.5, 0.6) is 0 Å². The molecule has 1 unspecified atom stereocenters. The standard InChI is InChI=1S/C11H19N3O/c1-12-9-11-13-5-7-14(11)6-4-10-3-2-8-15-10/h5,7,10,12H,2-4,6,8-9H2,1H3. The first-order valence-electron chi connectivity index (χ1n) is 5.66. The Balaban J connectivity index is 1.83. The minimum Gasteiger partial charge on any atom is -0.378 e. The molecule has 0 spiro atoms. The number of aryl methyl sites for hydroxylation is 1. The maximum Gasteiger partial charge on any atom is 0.122 e. The Morgan fingerprint density at radius 1 is 1.67 bits per heavy atom. The zero-order valence-electron chi connectivity index (χ0n) is 9.28. The molecule has 0 amide bonds. The van der Waals surface area contributed by atoms with Crippen LogP contribution in [-0.4, -0.2) is 29.3 Å². The quantitative estimate of drug-likeness (QED) is 0.791. The topological polar surface area (TPSA) is 39.1 Å². The van der Waals surface area contributed by atoms with E-state index in [4.69, 9.17) is 4.74 Å². The first kappa shape index (κ1) is 10.6. The van der Waals surface area contributed by atoms with E-state index in [1.807, 2.05) is 19.4 Å². The first-order chi connectivity index (χ1) is 7.40. The molecule has 2 heterocycles. The summed E-state index contributed by atoms with van der Waals surface area (Å²) in [6.45, 7) is 2.79. The van der Waals surface area contributed by atoms with Gasteiger partial charge in [0, 0.05) is 25.5 Å². The monoisotopic (exact) mass is 209 g/mol. The molecular weight excluding hydrogens is 190 g/mol. The highest BCUT2D eigenvalue weighted by molar-refractivity contribution is 4.91. The van der Waals surface area contributed by atoms with Gasteiger partial charge in [-0.1, -0.05) is 0 Å². The zero-order valence-corrected chi connectivity index (χ0v) is 9.28. The Morgan fingerprint density at radius 3 is 3.33 bits per heavy atom. The third-order valence-corrected chi connectivity index (χ3v) is 2.85. The normalized spacial score (nSPS) is 21.0. The second-order valence-electron chi connectivity index (χ2n) is 3.99. The summed E-state index contributed by atoms with van der Waals surface area (Å²) in [5.74, 6) is 1.11. The third-order valence-electron chi connectivity index (χ3n) is 2.85. The molecule has 1 saturated heterocycles. The van der Waals surface area contributed by atoms with Gasteiger partial charge in [-0.2, -0.15) is 0 Å². The summed E-state index contributed by atoms with van der Waals surface area (Å²) in [6.07, 6.45) is 7.92. The summed E-state index contributed by atoms with van der Waals surface area (Å²) in [5.41, 5.74) is 0. The van der Waals surface area contributed by atoms with Crippen molar-refractivity contribution in [2.24, 2.45) is 0 Å². The summed E-state index contributed by atoms with van der Waals surface area (Å²) < 4.78 is 7.81. The van der Waals surface area contributed by atoms with Crippen LogP contribution in [0.4, 0.5) is 0 Å². The van der Waals surface area contributed by atoms with Gasteiger partial charge < -0.3 is 14.6 Å². The lowest BCUT2D eigenvalue weighted by molar-refractivity contribution is 0.100. The second kappa shape index (κ2) is 5.28. The van der Waals surface area contributed by atoms with Gasteiger partial charge in [0.15, 0.2) is 0 Å². The predicted octanol–water partition coefficient (Wildman–Crippen LogP) is 1.17. The molecule has 1 N–H and O–H groups in total. The molecule has 0 bridgehead atoms. The molecule has 1 aromatic rings. The van der Waals surface area contributed by atoms with Crippen molar-refractivity contribution in [3.8, 4) is 0 Å². The van der Waals surface area contributed by atoms with E-state index in [0.717, 1.165) is 31.9 Å². The van der Waals surface area contributed by atoms with Crippen LogP contribution in [0, 0.1) is 0 Å². The fraction of sp³-hybridized carbons (Fsp3) is 0.727. The Kier molecular flexibility index (Phi) is 3.75. The van der Waals surface area contributed by atoms with Gasteiger partial charge >= 0.3 is 0 Å². The third kappa shape index (κ3) is 2.79. The molecule has 0 aromatic carbocycles. The highest BCUT2D eigenvalue weighted by atomic mass is 16.5. The molecule has 1 fully saturated rings. The van der Waals surface area contributed by atoms with E-state index in [1.165, 1.54) is 12.8 Å². The van der Waals surface area contributed by atoms with Crippen molar-refractivity contribution in [2.45, 2.75) is 38.5 Å². The molecule has 4 nitrogen and oxygen atoms in total. The lowest BCUT2D eigenvalue weighted by Gasteiger charge is -2.11. The van der Waals surface area contributed by atoms with E-state index in [-0.39, 0.29) is 0 Å². The summed E-state index contributed by atoms with van der Waals surface area (Å²) in [4.78, 5) is 4.31. The van der Waals surface area contributed by atoms with Crippen LogP contribution < -0.4 is 5.32 Å². The van der Waals surface area contributed by atoms with Gasteiger partial charge in [-0.05, 0) is 26.3 Å². The lowest BCUT2D eigenvalue weighted by atomic mass is 10.2. The number of ether oxygens (including phenoxy) is 1. The van der Waals surface area contributed by atoms with Crippen molar-refractivity contribution in [2.75, 3.05) is 13.7 Å². The minimum absolute atomic E-state index is 0.467. The van der Waals surface area contributed by atoms with Crippen molar-refractivity contribution in [3.63, 3.8) is 0 Å². The maximum atomic E-state index is 5.60. The number of nitrogens with one attached hydrogen (secondary N) is 1. The van der Waals surface area contributed by atoms with E-state index in [0.29, 0.717) is 6.10 Å². The van der Waals surface area contributed by atoms with E-state index in [2.05, 4.69) is 14.9 Å². The van der Waals surface area contributed by atoms with Gasteiger partial charge in [-0.3, -0.25) is 0 Å². The molecule has 1 atom stereocenters. The molecule has 1 aromatic heterocycles. The molecule has 4 heteroatoms. The van der Waals surface area contributed by atoms with Crippen LogP contribution in [0.1, 0.15) is 25.1 Å². The average Bonchev–Trinajstić information content (AvgIpc) is 2.85. The number of hydrogen-bond acceptors (Lipinski definition) is 3. The van der Waals surface area contributed by atoms with Gasteiger partial charge in [0.05, 0.1) is 12.6 Å². The molecule has 84 valence electrons. The Hall–Kier alpha value is -0.870. The van der Waals surface area contributed by atoms with Gasteiger partial charge in [-0.15, -0.1) is 0 Å². The summed E-state index contributed by atoms with van der Waals surface area (Å²) >= 11 is 0. The molecule has 2 rings (SSSR count). The largest absolute Gasteiger partial charge is 0.378 e. The number of rotatable bonds is 5. The number of nitrogens with zero attached hydrogens (tertiary/aromatic N) is 2. The average molecular weight is 209 g/mol. The van der Waals surface area contributed by atoms with Crippen molar-refractivity contribution >= 4 is 0 Å². The smallest absolute Gasteiger partial charge is 0.122 e. The summed E-state index contributed by atoms with van der Waals surface area (Å²) in [7, 11) is 1.94. The highest BCUT2D eigenvalue weighted by Gasteiger charge is 2.15. The first-order valence-corrected chi connectivity index (χ1v) is 5.66. The van der Waals surface area contributed by atoms with E-state index >= 15 is 0 Å². The van der Waals surface area contributed by atoms with Crippen molar-refractivity contribution in [1.82, 2.24) is 14.9 Å². The summed E-state index contributed by atoms with van der Waals surface area (Å²) in [6, 6.07) is 0. The molecule has 1 aliphatic heterocycles. The molecule has 15 heavy (non-hydrogen) atoms. The number of imidazole rings is 1. The van der Waals surface area contributed by atoms with Crippen LogP contribution in [0.2, 0.25) is 0 Å². The summed E-state index contributed by atoms with van der Waals surface area (Å²) in [5, 5.41) is 3.12. The maximum absolute atomic E-state index is 5.60.